The van der Waals surface area contributed by atoms with Crippen molar-refractivity contribution in [2.45, 2.75) is 82.7 Å². The van der Waals surface area contributed by atoms with Crippen LogP contribution in [0.25, 0.3) is 10.0 Å². The normalized spacial score (nSPS) is 16.5. The molecule has 0 amide bonds. The molecule has 30 heavy (non-hydrogen) atoms. The smallest absolute Gasteiger partial charge is 0.292 e. The number of hydrogen-bond acceptors (Lipinski definition) is 6. The zero-order valence-corrected chi connectivity index (χ0v) is 18.1. The zero-order valence-electron chi connectivity index (χ0n) is 16.5. The van der Waals surface area contributed by atoms with Crippen LogP contribution in [-0.2, 0) is 17.6 Å². The molecule has 0 atom stereocenters. The maximum atomic E-state index is 12.8. The average Bonchev–Trinajstić information content (AvgIpc) is 3.30. The van der Waals surface area contributed by atoms with E-state index < -0.39 is 18.4 Å². The van der Waals surface area contributed by atoms with Gasteiger partial charge < -0.3 is 0 Å². The molecule has 4 nitrogen and oxygen atoms in total. The number of aryl methyl sites for hydroxylation is 2. The molecule has 0 aliphatic heterocycles. The first kappa shape index (κ1) is 21.6. The Balaban J connectivity index is 1.38. The number of nitrogens with zero attached hydrogens (tertiary/aromatic N) is 2. The molecule has 0 radical (unpaired) electrons. The Kier molecular flexibility index (Phi) is 6.39. The van der Waals surface area contributed by atoms with E-state index in [0.29, 0.717) is 24.5 Å². The van der Waals surface area contributed by atoms with Crippen molar-refractivity contribution in [2.24, 2.45) is 0 Å². The molecule has 1 saturated carbocycles. The highest BCUT2D eigenvalue weighted by molar-refractivity contribution is 7.21. The number of halogens is 3. The lowest BCUT2D eigenvalue weighted by molar-refractivity contribution is -0.171. The van der Waals surface area contributed by atoms with Gasteiger partial charge in [-0.1, -0.05) is 6.42 Å². The van der Waals surface area contributed by atoms with Crippen LogP contribution in [-0.4, -0.2) is 27.7 Å². The predicted molar refractivity (Wildman–Crippen MR) is 110 cm³/mol. The van der Waals surface area contributed by atoms with E-state index >= 15 is 0 Å². The molecule has 1 fully saturated rings. The van der Waals surface area contributed by atoms with E-state index in [1.54, 1.807) is 22.7 Å². The van der Waals surface area contributed by atoms with E-state index in [4.69, 9.17) is 4.98 Å². The van der Waals surface area contributed by atoms with Gasteiger partial charge in [0.25, 0.3) is 0 Å². The van der Waals surface area contributed by atoms with Gasteiger partial charge in [0.1, 0.15) is 5.69 Å². The molecule has 2 aromatic heterocycles. The molecule has 0 N–H and O–H groups in total. The third-order valence-electron chi connectivity index (χ3n) is 5.52. The summed E-state index contributed by atoms with van der Waals surface area (Å²) in [5, 5.41) is 1.72. The van der Waals surface area contributed by atoms with E-state index in [1.165, 1.54) is 23.4 Å². The molecule has 2 aliphatic carbocycles. The fraction of sp³-hybridized carbons (Fsp3) is 0.619. The Bertz CT molecular complexity index is 921. The van der Waals surface area contributed by atoms with Crippen LogP contribution in [0.15, 0.2) is 0 Å². The van der Waals surface area contributed by atoms with Crippen LogP contribution in [0.5, 0.6) is 0 Å². The summed E-state index contributed by atoms with van der Waals surface area (Å²) in [6.07, 6.45) is 2.57. The zero-order chi connectivity index (χ0) is 21.3. The Morgan fingerprint density at radius 2 is 1.63 bits per heavy atom. The van der Waals surface area contributed by atoms with E-state index in [0.717, 1.165) is 40.6 Å². The van der Waals surface area contributed by atoms with Gasteiger partial charge in [-0.25, -0.2) is 9.97 Å². The summed E-state index contributed by atoms with van der Waals surface area (Å²) in [6, 6.07) is 0. The second-order valence-corrected chi connectivity index (χ2v) is 10.1. The van der Waals surface area contributed by atoms with Crippen LogP contribution in [0.4, 0.5) is 13.2 Å². The maximum Gasteiger partial charge on any atom is 0.449 e. The fourth-order valence-corrected chi connectivity index (χ4v) is 6.12. The Labute approximate surface area is 180 Å². The van der Waals surface area contributed by atoms with Gasteiger partial charge in [0.2, 0.25) is 5.78 Å². The van der Waals surface area contributed by atoms with E-state index in [9.17, 15) is 22.8 Å². The average molecular weight is 457 g/mol. The van der Waals surface area contributed by atoms with Crippen molar-refractivity contribution in [3.05, 3.63) is 21.1 Å². The SMILES string of the molecule is O=C(CCCCCC(=O)C(F)(F)F)c1nc(-c2nc3c(s2)CCCC3)sc1C1CC1. The number of ketones is 2. The first-order valence-electron chi connectivity index (χ1n) is 10.5. The van der Waals surface area contributed by atoms with Crippen LogP contribution in [0.1, 0.15) is 89.6 Å². The minimum absolute atomic E-state index is 0.0529. The van der Waals surface area contributed by atoms with Crippen molar-refractivity contribution in [3.8, 4) is 10.0 Å². The lowest BCUT2D eigenvalue weighted by atomic mass is 10.0. The highest BCUT2D eigenvalue weighted by atomic mass is 32.1. The second kappa shape index (κ2) is 8.86. The van der Waals surface area contributed by atoms with Crippen molar-refractivity contribution >= 4 is 34.2 Å². The van der Waals surface area contributed by atoms with E-state index in [-0.39, 0.29) is 18.6 Å². The van der Waals surface area contributed by atoms with Crippen molar-refractivity contribution in [1.29, 1.82) is 0 Å². The Hall–Kier alpha value is -1.61. The Morgan fingerprint density at radius 1 is 0.933 bits per heavy atom. The fourth-order valence-electron chi connectivity index (χ4n) is 3.70. The third-order valence-corrected chi connectivity index (χ3v) is 8.04. The minimum atomic E-state index is -4.76. The summed E-state index contributed by atoms with van der Waals surface area (Å²) in [7, 11) is 0. The van der Waals surface area contributed by atoms with Gasteiger partial charge >= 0.3 is 6.18 Å². The van der Waals surface area contributed by atoms with Gasteiger partial charge in [-0.3, -0.25) is 9.59 Å². The number of rotatable bonds is 9. The molecule has 2 aliphatic rings. The van der Waals surface area contributed by atoms with Gasteiger partial charge in [-0.2, -0.15) is 13.2 Å². The first-order valence-corrected chi connectivity index (χ1v) is 12.1. The van der Waals surface area contributed by atoms with Crippen molar-refractivity contribution in [3.63, 3.8) is 0 Å². The molecule has 162 valence electrons. The van der Waals surface area contributed by atoms with Gasteiger partial charge in [0.15, 0.2) is 15.8 Å². The summed E-state index contributed by atoms with van der Waals surface area (Å²) in [5.74, 6) is -1.35. The quantitative estimate of drug-likeness (QED) is 0.329. The molecular weight excluding hydrogens is 433 g/mol. The summed E-state index contributed by atoms with van der Waals surface area (Å²) < 4.78 is 36.7. The van der Waals surface area contributed by atoms with Crippen LogP contribution in [0, 0.1) is 0 Å². The Morgan fingerprint density at radius 3 is 2.33 bits per heavy atom. The van der Waals surface area contributed by atoms with Crippen LogP contribution in [0.3, 0.4) is 0 Å². The second-order valence-electron chi connectivity index (χ2n) is 8.01. The first-order chi connectivity index (χ1) is 14.3. The topological polar surface area (TPSA) is 59.9 Å². The summed E-state index contributed by atoms with van der Waals surface area (Å²) in [5.41, 5.74) is 1.70. The van der Waals surface area contributed by atoms with Crippen molar-refractivity contribution in [1.82, 2.24) is 9.97 Å². The number of aromatic nitrogens is 2. The predicted octanol–water partition coefficient (Wildman–Crippen LogP) is 6.29. The number of hydrogen-bond donors (Lipinski definition) is 0. The summed E-state index contributed by atoms with van der Waals surface area (Å²) in [6.45, 7) is 0. The molecular formula is C21H23F3N2O2S2. The van der Waals surface area contributed by atoms with Crippen LogP contribution in [0.2, 0.25) is 0 Å². The number of carbonyl (C=O) groups excluding carboxylic acids is 2. The maximum absolute atomic E-state index is 12.8. The number of thiazole rings is 2. The lowest BCUT2D eigenvalue weighted by Gasteiger charge is -2.06. The number of alkyl halides is 3. The van der Waals surface area contributed by atoms with Crippen molar-refractivity contribution < 1.29 is 22.8 Å². The number of Topliss-reactive ketones (excluding diaryl/α,β-unsaturated/α-hetero) is 2. The van der Waals surface area contributed by atoms with Gasteiger partial charge in [-0.05, 0) is 57.3 Å². The molecule has 0 bridgehead atoms. The minimum Gasteiger partial charge on any atom is -0.292 e. The molecule has 0 spiro atoms. The lowest BCUT2D eigenvalue weighted by Crippen LogP contribution is -2.22. The third kappa shape index (κ3) is 4.99. The summed E-state index contributed by atoms with van der Waals surface area (Å²) >= 11 is 3.26. The summed E-state index contributed by atoms with van der Waals surface area (Å²) in [4.78, 5) is 35.5. The van der Waals surface area contributed by atoms with Gasteiger partial charge in [0, 0.05) is 22.6 Å². The molecule has 4 rings (SSSR count). The molecule has 9 heteroatoms. The molecule has 2 heterocycles. The van der Waals surface area contributed by atoms with Crippen LogP contribution >= 0.6 is 22.7 Å². The van der Waals surface area contributed by atoms with Crippen LogP contribution < -0.4 is 0 Å². The molecule has 0 saturated heterocycles. The molecule has 0 aromatic carbocycles. The largest absolute Gasteiger partial charge is 0.449 e. The highest BCUT2D eigenvalue weighted by Crippen LogP contribution is 2.47. The number of unbranched alkanes of at least 4 members (excludes halogenated alkanes) is 2. The number of carbonyl (C=O) groups is 2. The van der Waals surface area contributed by atoms with Crippen molar-refractivity contribution in [2.75, 3.05) is 0 Å². The van der Waals surface area contributed by atoms with Gasteiger partial charge in [0.05, 0.1) is 5.69 Å². The molecule has 0 unspecified atom stereocenters. The monoisotopic (exact) mass is 456 g/mol. The van der Waals surface area contributed by atoms with E-state index in [1.807, 2.05) is 0 Å². The van der Waals surface area contributed by atoms with Gasteiger partial charge in [-0.15, -0.1) is 22.7 Å². The number of fused-ring (bicyclic) bond motifs is 1. The standard InChI is InChI=1S/C21H23F3N2O2S2/c22-21(23,24)16(28)9-3-1-2-7-14(27)17-18(12-10-11-12)30-20(26-17)19-25-13-6-4-5-8-15(13)29-19/h12H,1-11H2. The van der Waals surface area contributed by atoms with E-state index in [2.05, 4.69) is 4.98 Å². The highest BCUT2D eigenvalue weighted by Gasteiger charge is 2.37. The molecule has 2 aromatic rings.